The van der Waals surface area contributed by atoms with Crippen LogP contribution in [0.2, 0.25) is 0 Å². The summed E-state index contributed by atoms with van der Waals surface area (Å²) in [6.45, 7) is 3.96. The number of carbonyl (C=O) groups excluding carboxylic acids is 2. The van der Waals surface area contributed by atoms with Gasteiger partial charge in [-0.15, -0.1) is 18.0 Å². The standard InChI is InChI=1S/C12H18ClNO3/c1-5-6-14(11(15)8-13)10(7-9(2)3)12(16)17-4/h1,9-10H,6-8H2,2-4H3/t10-/m0/s1. The Bertz CT molecular complexity index is 309. The van der Waals surface area contributed by atoms with Gasteiger partial charge in [0.15, 0.2) is 0 Å². The van der Waals surface area contributed by atoms with Crippen LogP contribution in [0.5, 0.6) is 0 Å². The Morgan fingerprint density at radius 3 is 2.41 bits per heavy atom. The lowest BCUT2D eigenvalue weighted by Gasteiger charge is -2.28. The molecule has 0 aliphatic carbocycles. The van der Waals surface area contributed by atoms with Gasteiger partial charge in [0, 0.05) is 0 Å². The number of alkyl halides is 1. The zero-order valence-electron chi connectivity index (χ0n) is 10.4. The lowest BCUT2D eigenvalue weighted by atomic mass is 10.0. The number of carbonyl (C=O) groups is 2. The van der Waals surface area contributed by atoms with Crippen molar-refractivity contribution in [2.24, 2.45) is 5.92 Å². The van der Waals surface area contributed by atoms with Crippen LogP contribution in [-0.2, 0) is 14.3 Å². The third kappa shape index (κ3) is 5.10. The van der Waals surface area contributed by atoms with Gasteiger partial charge in [0.1, 0.15) is 11.9 Å². The molecule has 0 aromatic rings. The predicted octanol–water partition coefficient (Wildman–Crippen LogP) is 1.27. The second-order valence-corrected chi connectivity index (χ2v) is 4.30. The first-order valence-electron chi connectivity index (χ1n) is 5.34. The SMILES string of the molecule is C#CCN(C(=O)CCl)[C@@H](CC(C)C)C(=O)OC. The molecule has 0 spiro atoms. The summed E-state index contributed by atoms with van der Waals surface area (Å²) >= 11 is 5.50. The summed E-state index contributed by atoms with van der Waals surface area (Å²) in [7, 11) is 1.29. The molecule has 5 heteroatoms. The molecule has 0 aromatic carbocycles. The molecule has 0 fully saturated rings. The molecule has 0 aliphatic heterocycles. The normalized spacial score (nSPS) is 11.8. The third-order valence-electron chi connectivity index (χ3n) is 2.24. The van der Waals surface area contributed by atoms with Gasteiger partial charge in [-0.05, 0) is 12.3 Å². The Balaban J connectivity index is 5.00. The highest BCUT2D eigenvalue weighted by molar-refractivity contribution is 6.27. The van der Waals surface area contributed by atoms with Crippen molar-refractivity contribution in [3.05, 3.63) is 0 Å². The van der Waals surface area contributed by atoms with Gasteiger partial charge < -0.3 is 9.64 Å². The lowest BCUT2D eigenvalue weighted by Crippen LogP contribution is -2.47. The van der Waals surface area contributed by atoms with E-state index in [9.17, 15) is 9.59 Å². The number of terminal acetylenes is 1. The molecule has 0 bridgehead atoms. The van der Waals surface area contributed by atoms with Crippen LogP contribution in [-0.4, -0.2) is 42.4 Å². The zero-order chi connectivity index (χ0) is 13.4. The molecule has 1 amide bonds. The maximum Gasteiger partial charge on any atom is 0.328 e. The fraction of sp³-hybridized carbons (Fsp3) is 0.667. The fourth-order valence-electron chi connectivity index (χ4n) is 1.48. The van der Waals surface area contributed by atoms with Crippen LogP contribution in [0.4, 0.5) is 0 Å². The van der Waals surface area contributed by atoms with Gasteiger partial charge in [-0.3, -0.25) is 4.79 Å². The van der Waals surface area contributed by atoms with E-state index in [1.807, 2.05) is 13.8 Å². The minimum absolute atomic E-state index is 0.0536. The Kier molecular flexibility index (Phi) is 7.40. The molecule has 0 N–H and O–H groups in total. The van der Waals surface area contributed by atoms with Crippen molar-refractivity contribution in [3.63, 3.8) is 0 Å². The average Bonchev–Trinajstić information content (AvgIpc) is 2.31. The van der Waals surface area contributed by atoms with Crippen LogP contribution in [0.3, 0.4) is 0 Å². The van der Waals surface area contributed by atoms with Crippen molar-refractivity contribution in [1.29, 1.82) is 0 Å². The van der Waals surface area contributed by atoms with Gasteiger partial charge >= 0.3 is 5.97 Å². The second kappa shape index (κ2) is 7.97. The highest BCUT2D eigenvalue weighted by Gasteiger charge is 2.30. The van der Waals surface area contributed by atoms with Crippen molar-refractivity contribution in [2.45, 2.75) is 26.3 Å². The number of nitrogens with zero attached hydrogens (tertiary/aromatic N) is 1. The molecule has 4 nitrogen and oxygen atoms in total. The second-order valence-electron chi connectivity index (χ2n) is 4.03. The van der Waals surface area contributed by atoms with Gasteiger partial charge in [-0.1, -0.05) is 19.8 Å². The lowest BCUT2D eigenvalue weighted by molar-refractivity contribution is -0.152. The Morgan fingerprint density at radius 2 is 2.06 bits per heavy atom. The molecule has 0 radical (unpaired) electrons. The number of amides is 1. The van der Waals surface area contributed by atoms with Crippen molar-refractivity contribution in [2.75, 3.05) is 19.5 Å². The average molecular weight is 260 g/mol. The first kappa shape index (κ1) is 15.8. The van der Waals surface area contributed by atoms with Gasteiger partial charge in [0.2, 0.25) is 5.91 Å². The van der Waals surface area contributed by atoms with Crippen LogP contribution in [0.1, 0.15) is 20.3 Å². The Morgan fingerprint density at radius 1 is 1.47 bits per heavy atom. The van der Waals surface area contributed by atoms with Gasteiger partial charge in [0.25, 0.3) is 0 Å². The highest BCUT2D eigenvalue weighted by atomic mass is 35.5. The largest absolute Gasteiger partial charge is 0.467 e. The summed E-state index contributed by atoms with van der Waals surface area (Å²) in [6, 6.07) is -0.665. The van der Waals surface area contributed by atoms with Gasteiger partial charge in [-0.2, -0.15) is 0 Å². The molecular formula is C12H18ClNO3. The van der Waals surface area contributed by atoms with E-state index < -0.39 is 12.0 Å². The molecule has 0 heterocycles. The molecule has 1 atom stereocenters. The first-order chi connectivity index (χ1) is 7.97. The molecule has 0 unspecified atom stereocenters. The molecule has 0 rings (SSSR count). The topological polar surface area (TPSA) is 46.6 Å². The van der Waals surface area contributed by atoms with Crippen LogP contribution in [0.25, 0.3) is 0 Å². The number of esters is 1. The maximum atomic E-state index is 11.7. The molecular weight excluding hydrogens is 242 g/mol. The number of ether oxygens (including phenoxy) is 1. The molecule has 96 valence electrons. The predicted molar refractivity (Wildman–Crippen MR) is 66.5 cm³/mol. The molecule has 0 saturated carbocycles. The van der Waals surface area contributed by atoms with Crippen LogP contribution >= 0.6 is 11.6 Å². The number of rotatable bonds is 6. The van der Waals surface area contributed by atoms with E-state index in [0.29, 0.717) is 6.42 Å². The monoisotopic (exact) mass is 259 g/mol. The summed E-state index contributed by atoms with van der Waals surface area (Å²) in [5.74, 6) is 1.57. The van der Waals surface area contributed by atoms with Crippen molar-refractivity contribution >= 4 is 23.5 Å². The number of hydrogen-bond donors (Lipinski definition) is 0. The van der Waals surface area contributed by atoms with Crippen molar-refractivity contribution < 1.29 is 14.3 Å². The van der Waals surface area contributed by atoms with E-state index in [-0.39, 0.29) is 24.2 Å². The van der Waals surface area contributed by atoms with Crippen LogP contribution in [0.15, 0.2) is 0 Å². The first-order valence-corrected chi connectivity index (χ1v) is 5.88. The highest BCUT2D eigenvalue weighted by Crippen LogP contribution is 2.14. The zero-order valence-corrected chi connectivity index (χ0v) is 11.2. The van der Waals surface area contributed by atoms with E-state index in [2.05, 4.69) is 5.92 Å². The molecule has 0 saturated heterocycles. The summed E-state index contributed by atoms with van der Waals surface area (Å²) in [6.07, 6.45) is 5.69. The minimum atomic E-state index is -0.665. The number of hydrogen-bond acceptors (Lipinski definition) is 3. The summed E-state index contributed by atoms with van der Waals surface area (Å²) < 4.78 is 4.69. The van der Waals surface area contributed by atoms with Gasteiger partial charge in [0.05, 0.1) is 13.7 Å². The van der Waals surface area contributed by atoms with Crippen LogP contribution < -0.4 is 0 Å². The quantitative estimate of drug-likeness (QED) is 0.410. The smallest absolute Gasteiger partial charge is 0.328 e. The van der Waals surface area contributed by atoms with E-state index in [4.69, 9.17) is 22.8 Å². The minimum Gasteiger partial charge on any atom is -0.467 e. The van der Waals surface area contributed by atoms with E-state index in [1.165, 1.54) is 12.0 Å². The maximum absolute atomic E-state index is 11.7. The van der Waals surface area contributed by atoms with E-state index in [1.54, 1.807) is 0 Å². The van der Waals surface area contributed by atoms with Crippen LogP contribution in [0, 0.1) is 18.3 Å². The Labute approximate surface area is 107 Å². The summed E-state index contributed by atoms with van der Waals surface area (Å²) in [5, 5.41) is 0. The fourth-order valence-corrected chi connectivity index (χ4v) is 1.63. The molecule has 17 heavy (non-hydrogen) atoms. The Hall–Kier alpha value is -1.21. The molecule has 0 aliphatic rings. The summed E-state index contributed by atoms with van der Waals surface area (Å²) in [4.78, 5) is 24.6. The third-order valence-corrected chi connectivity index (χ3v) is 2.47. The number of methoxy groups -OCH3 is 1. The molecule has 0 aromatic heterocycles. The van der Waals surface area contributed by atoms with E-state index in [0.717, 1.165) is 0 Å². The number of halogens is 1. The van der Waals surface area contributed by atoms with E-state index >= 15 is 0 Å². The summed E-state index contributed by atoms with van der Waals surface area (Å²) in [5.41, 5.74) is 0. The van der Waals surface area contributed by atoms with Crippen molar-refractivity contribution in [1.82, 2.24) is 4.90 Å². The van der Waals surface area contributed by atoms with Gasteiger partial charge in [-0.25, -0.2) is 4.79 Å². The van der Waals surface area contributed by atoms with Crippen molar-refractivity contribution in [3.8, 4) is 12.3 Å².